The molecule has 0 saturated heterocycles. The van der Waals surface area contributed by atoms with Crippen molar-refractivity contribution in [2.45, 2.75) is 23.9 Å². The fourth-order valence-corrected chi connectivity index (χ4v) is 3.14. The van der Waals surface area contributed by atoms with E-state index < -0.39 is 0 Å². The maximum atomic E-state index is 12.4. The average molecular weight is 373 g/mol. The number of H-pyrrole nitrogens is 1. The van der Waals surface area contributed by atoms with Gasteiger partial charge in [-0.3, -0.25) is 9.89 Å². The fourth-order valence-electron chi connectivity index (χ4n) is 2.28. The van der Waals surface area contributed by atoms with E-state index in [4.69, 9.17) is 11.6 Å². The molecule has 128 valence electrons. The van der Waals surface area contributed by atoms with Gasteiger partial charge < -0.3 is 5.32 Å². The summed E-state index contributed by atoms with van der Waals surface area (Å²) in [7, 11) is 0. The quantitative estimate of drug-likeness (QED) is 0.635. The fraction of sp³-hybridized carbons (Fsp3) is 0.167. The molecule has 3 rings (SSSR count). The van der Waals surface area contributed by atoms with Crippen LogP contribution in [0.3, 0.4) is 0 Å². The van der Waals surface area contributed by atoms with E-state index in [2.05, 4.69) is 20.5 Å². The lowest BCUT2D eigenvalue weighted by molar-refractivity contribution is 0.0940. The van der Waals surface area contributed by atoms with Crippen molar-refractivity contribution in [1.82, 2.24) is 20.5 Å². The summed E-state index contributed by atoms with van der Waals surface area (Å²) in [5.74, 6) is 0.662. The second-order valence-corrected chi connectivity index (χ2v) is 6.92. The first-order valence-electron chi connectivity index (χ1n) is 7.75. The number of halogens is 1. The average Bonchev–Trinajstić information content (AvgIpc) is 3.14. The Labute approximate surface area is 155 Å². The molecular weight excluding hydrogens is 356 g/mol. The molecule has 1 unspecified atom stereocenters. The van der Waals surface area contributed by atoms with Crippen LogP contribution < -0.4 is 5.32 Å². The Morgan fingerprint density at radius 1 is 1.20 bits per heavy atom. The van der Waals surface area contributed by atoms with Crippen molar-refractivity contribution in [1.29, 1.82) is 0 Å². The van der Waals surface area contributed by atoms with Crippen LogP contribution in [-0.2, 0) is 5.75 Å². The molecule has 5 nitrogen and oxygen atoms in total. The van der Waals surface area contributed by atoms with Crippen molar-refractivity contribution in [3.05, 3.63) is 76.6 Å². The number of thioether (sulfide) groups is 1. The number of hydrogen-bond donors (Lipinski definition) is 2. The molecule has 0 radical (unpaired) electrons. The third-order valence-electron chi connectivity index (χ3n) is 3.70. The molecule has 1 aromatic heterocycles. The summed E-state index contributed by atoms with van der Waals surface area (Å²) in [4.78, 5) is 16.5. The number of aromatic amines is 1. The first-order chi connectivity index (χ1) is 12.1. The molecule has 0 aliphatic carbocycles. The van der Waals surface area contributed by atoms with Crippen LogP contribution in [0.1, 0.15) is 34.5 Å². The van der Waals surface area contributed by atoms with Gasteiger partial charge in [0.05, 0.1) is 6.04 Å². The first kappa shape index (κ1) is 17.5. The highest BCUT2D eigenvalue weighted by atomic mass is 35.5. The minimum Gasteiger partial charge on any atom is -0.346 e. The predicted molar refractivity (Wildman–Crippen MR) is 99.7 cm³/mol. The Hall–Kier alpha value is -2.31. The minimum atomic E-state index is -0.100. The van der Waals surface area contributed by atoms with Crippen LogP contribution in [0.25, 0.3) is 0 Å². The highest BCUT2D eigenvalue weighted by Crippen LogP contribution is 2.19. The predicted octanol–water partition coefficient (Wildman–Crippen LogP) is 4.24. The van der Waals surface area contributed by atoms with Crippen LogP contribution in [0.15, 0.2) is 60.0 Å². The number of hydrogen-bond acceptors (Lipinski definition) is 4. The third-order valence-corrected chi connectivity index (χ3v) is 4.90. The van der Waals surface area contributed by atoms with Gasteiger partial charge in [-0.05, 0) is 42.3 Å². The Morgan fingerprint density at radius 2 is 1.92 bits per heavy atom. The van der Waals surface area contributed by atoms with Crippen molar-refractivity contribution in [2.75, 3.05) is 0 Å². The molecular formula is C18H17ClN4OS. The largest absolute Gasteiger partial charge is 0.346 e. The molecule has 2 N–H and O–H groups in total. The van der Waals surface area contributed by atoms with E-state index >= 15 is 0 Å². The van der Waals surface area contributed by atoms with Gasteiger partial charge in [0.15, 0.2) is 5.16 Å². The molecule has 0 aliphatic heterocycles. The van der Waals surface area contributed by atoms with Gasteiger partial charge in [-0.2, -0.15) is 5.10 Å². The highest BCUT2D eigenvalue weighted by Gasteiger charge is 2.11. The molecule has 0 bridgehead atoms. The zero-order valence-electron chi connectivity index (χ0n) is 13.6. The molecule has 7 heteroatoms. The molecule has 0 aliphatic rings. The van der Waals surface area contributed by atoms with Gasteiger partial charge in [-0.15, -0.1) is 0 Å². The lowest BCUT2D eigenvalue weighted by Gasteiger charge is -2.14. The lowest BCUT2D eigenvalue weighted by Crippen LogP contribution is -2.26. The van der Waals surface area contributed by atoms with Crippen LogP contribution in [-0.4, -0.2) is 21.1 Å². The number of amides is 1. The van der Waals surface area contributed by atoms with Gasteiger partial charge in [0.25, 0.3) is 5.91 Å². The van der Waals surface area contributed by atoms with Gasteiger partial charge in [-0.25, -0.2) is 4.98 Å². The van der Waals surface area contributed by atoms with Gasteiger partial charge in [0.1, 0.15) is 6.33 Å². The van der Waals surface area contributed by atoms with Crippen molar-refractivity contribution in [3.63, 3.8) is 0 Å². The topological polar surface area (TPSA) is 70.7 Å². The van der Waals surface area contributed by atoms with E-state index in [9.17, 15) is 4.79 Å². The zero-order chi connectivity index (χ0) is 17.6. The third kappa shape index (κ3) is 4.84. The summed E-state index contributed by atoms with van der Waals surface area (Å²) in [6, 6.07) is 14.9. The van der Waals surface area contributed by atoms with Crippen LogP contribution in [0.2, 0.25) is 5.02 Å². The van der Waals surface area contributed by atoms with Crippen LogP contribution in [0.5, 0.6) is 0 Å². The Balaban J connectivity index is 1.57. The number of carbonyl (C=O) groups is 1. The summed E-state index contributed by atoms with van der Waals surface area (Å²) in [6.45, 7) is 1.95. The van der Waals surface area contributed by atoms with E-state index in [0.29, 0.717) is 10.6 Å². The van der Waals surface area contributed by atoms with E-state index in [0.717, 1.165) is 22.0 Å². The standard InChI is InChI=1S/C18H17ClN4OS/c1-12(14-6-8-16(19)9-7-14)22-17(24)15-4-2-13(3-5-15)10-25-18-20-11-21-23-18/h2-9,11-12H,10H2,1H3,(H,22,24)(H,20,21,23). The monoisotopic (exact) mass is 372 g/mol. The molecule has 1 amide bonds. The second-order valence-electron chi connectivity index (χ2n) is 5.52. The minimum absolute atomic E-state index is 0.0912. The summed E-state index contributed by atoms with van der Waals surface area (Å²) in [5.41, 5.74) is 2.76. The normalized spacial score (nSPS) is 11.9. The molecule has 1 heterocycles. The molecule has 25 heavy (non-hydrogen) atoms. The zero-order valence-corrected chi connectivity index (χ0v) is 15.1. The summed E-state index contributed by atoms with van der Waals surface area (Å²) >= 11 is 7.46. The Morgan fingerprint density at radius 3 is 2.56 bits per heavy atom. The smallest absolute Gasteiger partial charge is 0.251 e. The van der Waals surface area contributed by atoms with Gasteiger partial charge >= 0.3 is 0 Å². The van der Waals surface area contributed by atoms with Crippen molar-refractivity contribution in [2.24, 2.45) is 0 Å². The maximum absolute atomic E-state index is 12.4. The van der Waals surface area contributed by atoms with E-state index in [1.807, 2.05) is 55.5 Å². The summed E-state index contributed by atoms with van der Waals surface area (Å²) in [6.07, 6.45) is 1.48. The number of nitrogens with one attached hydrogen (secondary N) is 2. The van der Waals surface area contributed by atoms with Crippen molar-refractivity contribution in [3.8, 4) is 0 Å². The molecule has 0 spiro atoms. The van der Waals surface area contributed by atoms with Crippen LogP contribution >= 0.6 is 23.4 Å². The number of benzene rings is 2. The number of carbonyl (C=O) groups excluding carboxylic acids is 1. The first-order valence-corrected chi connectivity index (χ1v) is 9.11. The molecule has 0 fully saturated rings. The maximum Gasteiger partial charge on any atom is 0.251 e. The SMILES string of the molecule is CC(NC(=O)c1ccc(CSc2ncn[nH]2)cc1)c1ccc(Cl)cc1. The Bertz CT molecular complexity index is 819. The molecule has 0 saturated carbocycles. The van der Waals surface area contributed by atoms with E-state index in [1.165, 1.54) is 6.33 Å². The number of aromatic nitrogens is 3. The highest BCUT2D eigenvalue weighted by molar-refractivity contribution is 7.98. The van der Waals surface area contributed by atoms with Crippen LogP contribution in [0, 0.1) is 0 Å². The number of rotatable bonds is 6. The summed E-state index contributed by atoms with van der Waals surface area (Å²) in [5, 5.41) is 11.1. The lowest BCUT2D eigenvalue weighted by atomic mass is 10.1. The Kier molecular flexibility index (Phi) is 5.73. The van der Waals surface area contributed by atoms with Gasteiger partial charge in [0.2, 0.25) is 0 Å². The van der Waals surface area contributed by atoms with Gasteiger partial charge in [0, 0.05) is 16.3 Å². The van der Waals surface area contributed by atoms with Gasteiger partial charge in [-0.1, -0.05) is 47.6 Å². The van der Waals surface area contributed by atoms with E-state index in [-0.39, 0.29) is 11.9 Å². The number of nitrogens with zero attached hydrogens (tertiary/aromatic N) is 2. The van der Waals surface area contributed by atoms with E-state index in [1.54, 1.807) is 11.8 Å². The molecule has 3 aromatic rings. The summed E-state index contributed by atoms with van der Waals surface area (Å²) < 4.78 is 0. The van der Waals surface area contributed by atoms with Crippen LogP contribution in [0.4, 0.5) is 0 Å². The molecule has 2 aromatic carbocycles. The second kappa shape index (κ2) is 8.18. The van der Waals surface area contributed by atoms with Crippen molar-refractivity contribution < 1.29 is 4.79 Å². The molecule has 1 atom stereocenters. The van der Waals surface area contributed by atoms with Crippen molar-refractivity contribution >= 4 is 29.3 Å².